The van der Waals surface area contributed by atoms with E-state index >= 15 is 14.4 Å². The highest BCUT2D eigenvalue weighted by Crippen LogP contribution is 2.44. The maximum Gasteiger partial charge on any atom is 0.232 e. The van der Waals surface area contributed by atoms with Gasteiger partial charge in [-0.3, -0.25) is 14.4 Å². The Labute approximate surface area is 380 Å². The molecule has 4 rings (SSSR count). The van der Waals surface area contributed by atoms with Crippen LogP contribution in [-0.2, 0) is 46.9 Å². The number of nitrogens with zero attached hydrogens (tertiary/aromatic N) is 3. The standard InChI is InChI=1S/C54H81N3O6/c1-31(34-22-40(52(13,14)15)43(58)25-37(34)49(4,5)6)46(61)55-28-56(47(62)32(2)35-23-41(53(16,17)18)44(59)26-38(35)50(7,8)9)30-57(29-55)48(63)33(3)36-24-42(54(19,20)21)45(60)27-39(36)51(10,11)12/h22-27,31-33,58-60H,28-30H2,1-21H3. The average molecular weight is 868 g/mol. The van der Waals surface area contributed by atoms with Crippen LogP contribution in [0.25, 0.3) is 0 Å². The lowest BCUT2D eigenvalue weighted by atomic mass is 9.75. The molecule has 1 aliphatic heterocycles. The van der Waals surface area contributed by atoms with Crippen LogP contribution in [0.15, 0.2) is 36.4 Å². The van der Waals surface area contributed by atoms with Crippen molar-refractivity contribution in [3.8, 4) is 17.2 Å². The van der Waals surface area contributed by atoms with Gasteiger partial charge in [-0.05, 0) is 122 Å². The quantitative estimate of drug-likeness (QED) is 0.227. The SMILES string of the molecule is CC(C(=O)N1CN(C(=O)C(C)c2cc(C(C)(C)C)c(O)cc2C(C)(C)C)CN(C(=O)C(C)c2cc(C(C)(C)C)c(O)cc2C(C)(C)C)C1)c1cc(C(C)(C)C)c(O)cc1C(C)(C)C. The van der Waals surface area contributed by atoms with Gasteiger partial charge in [0.2, 0.25) is 17.7 Å². The van der Waals surface area contributed by atoms with Gasteiger partial charge in [0.1, 0.15) is 17.2 Å². The van der Waals surface area contributed by atoms with E-state index < -0.39 is 50.2 Å². The molecule has 0 spiro atoms. The van der Waals surface area contributed by atoms with E-state index in [9.17, 15) is 15.3 Å². The normalized spacial score (nSPS) is 16.2. The van der Waals surface area contributed by atoms with E-state index in [0.29, 0.717) is 0 Å². The molecular weight excluding hydrogens is 787 g/mol. The van der Waals surface area contributed by atoms with Crippen molar-refractivity contribution in [3.05, 3.63) is 86.5 Å². The third kappa shape index (κ3) is 10.9. The molecule has 0 bridgehead atoms. The van der Waals surface area contributed by atoms with Crippen molar-refractivity contribution >= 4 is 17.7 Å². The number of amides is 3. The van der Waals surface area contributed by atoms with Crippen LogP contribution in [0.3, 0.4) is 0 Å². The summed E-state index contributed by atoms with van der Waals surface area (Å²) >= 11 is 0. The summed E-state index contributed by atoms with van der Waals surface area (Å²) in [7, 11) is 0. The fourth-order valence-electron chi connectivity index (χ4n) is 9.03. The molecule has 3 atom stereocenters. The smallest absolute Gasteiger partial charge is 0.232 e. The Morgan fingerprint density at radius 3 is 0.698 bits per heavy atom. The summed E-state index contributed by atoms with van der Waals surface area (Å²) in [6, 6.07) is 11.2. The van der Waals surface area contributed by atoms with E-state index in [1.807, 2.05) is 101 Å². The lowest BCUT2D eigenvalue weighted by Crippen LogP contribution is -2.61. The number of carbonyl (C=O) groups excluding carboxylic acids is 3. The summed E-state index contributed by atoms with van der Waals surface area (Å²) < 4.78 is 0. The molecule has 3 N–H and O–H groups in total. The Kier molecular flexibility index (Phi) is 13.9. The van der Waals surface area contributed by atoms with Crippen LogP contribution >= 0.6 is 0 Å². The second kappa shape index (κ2) is 17.1. The summed E-state index contributed by atoms with van der Waals surface area (Å²) in [5.41, 5.74) is 4.70. The monoisotopic (exact) mass is 868 g/mol. The average Bonchev–Trinajstić information content (AvgIpc) is 3.13. The highest BCUT2D eigenvalue weighted by Gasteiger charge is 2.41. The number of hydrogen-bond donors (Lipinski definition) is 3. The van der Waals surface area contributed by atoms with Crippen LogP contribution < -0.4 is 0 Å². The highest BCUT2D eigenvalue weighted by molar-refractivity contribution is 5.89. The molecule has 3 aromatic carbocycles. The first-order valence-electron chi connectivity index (χ1n) is 22.8. The Balaban J connectivity index is 1.92. The van der Waals surface area contributed by atoms with Crippen molar-refractivity contribution in [2.24, 2.45) is 0 Å². The first-order chi connectivity index (χ1) is 28.3. The van der Waals surface area contributed by atoms with E-state index in [-0.39, 0.29) is 55.0 Å². The van der Waals surface area contributed by atoms with Gasteiger partial charge in [0.05, 0.1) is 37.8 Å². The Morgan fingerprint density at radius 2 is 0.540 bits per heavy atom. The number of phenolic OH excluding ortho intramolecular Hbond substituents is 3. The molecule has 0 radical (unpaired) electrons. The molecule has 3 amide bonds. The maximum absolute atomic E-state index is 15.1. The minimum absolute atomic E-state index is 0.0325. The van der Waals surface area contributed by atoms with Crippen LogP contribution in [0.1, 0.15) is 213 Å². The molecule has 3 aromatic rings. The molecule has 0 aromatic heterocycles. The van der Waals surface area contributed by atoms with Crippen molar-refractivity contribution < 1.29 is 29.7 Å². The minimum atomic E-state index is -0.680. The summed E-state index contributed by atoms with van der Waals surface area (Å²) in [5, 5.41) is 33.7. The van der Waals surface area contributed by atoms with Crippen LogP contribution in [0, 0.1) is 0 Å². The van der Waals surface area contributed by atoms with Crippen molar-refractivity contribution in [2.75, 3.05) is 20.0 Å². The van der Waals surface area contributed by atoms with Gasteiger partial charge in [-0.2, -0.15) is 0 Å². The van der Waals surface area contributed by atoms with Gasteiger partial charge in [-0.1, -0.05) is 143 Å². The van der Waals surface area contributed by atoms with Gasteiger partial charge in [0.15, 0.2) is 0 Å². The highest BCUT2D eigenvalue weighted by atomic mass is 16.3. The minimum Gasteiger partial charge on any atom is -0.508 e. The molecule has 1 aliphatic rings. The predicted octanol–water partition coefficient (Wildman–Crippen LogP) is 11.7. The van der Waals surface area contributed by atoms with Gasteiger partial charge < -0.3 is 30.0 Å². The zero-order valence-electron chi connectivity index (χ0n) is 42.7. The van der Waals surface area contributed by atoms with Crippen LogP contribution in [0.4, 0.5) is 0 Å². The fraction of sp³-hybridized carbons (Fsp3) is 0.611. The van der Waals surface area contributed by atoms with E-state index in [2.05, 4.69) is 62.3 Å². The zero-order valence-corrected chi connectivity index (χ0v) is 42.7. The van der Waals surface area contributed by atoms with Crippen molar-refractivity contribution in [3.63, 3.8) is 0 Å². The molecule has 9 nitrogen and oxygen atoms in total. The van der Waals surface area contributed by atoms with Crippen molar-refractivity contribution in [2.45, 2.75) is 196 Å². The van der Waals surface area contributed by atoms with Crippen molar-refractivity contribution in [1.82, 2.24) is 14.7 Å². The molecule has 63 heavy (non-hydrogen) atoms. The molecular formula is C54H81N3O6. The molecule has 1 saturated heterocycles. The summed E-state index contributed by atoms with van der Waals surface area (Å²) in [5.74, 6) is -2.22. The third-order valence-electron chi connectivity index (χ3n) is 12.8. The van der Waals surface area contributed by atoms with Gasteiger partial charge in [0.25, 0.3) is 0 Å². The molecule has 1 fully saturated rings. The van der Waals surface area contributed by atoms with Crippen LogP contribution in [0.2, 0.25) is 0 Å². The molecule has 348 valence electrons. The first-order valence-corrected chi connectivity index (χ1v) is 22.8. The second-order valence-corrected chi connectivity index (χ2v) is 24.6. The number of rotatable bonds is 6. The lowest BCUT2D eigenvalue weighted by Gasteiger charge is -2.45. The van der Waals surface area contributed by atoms with Crippen LogP contribution in [0.5, 0.6) is 17.2 Å². The Morgan fingerprint density at radius 1 is 0.365 bits per heavy atom. The molecule has 3 unspecified atom stereocenters. The van der Waals surface area contributed by atoms with Gasteiger partial charge in [-0.25, -0.2) is 0 Å². The Bertz CT molecular complexity index is 1970. The largest absolute Gasteiger partial charge is 0.508 e. The Hall–Kier alpha value is -4.53. The summed E-state index contributed by atoms with van der Waals surface area (Å²) in [6.07, 6.45) is 0. The van der Waals surface area contributed by atoms with E-state index in [4.69, 9.17) is 0 Å². The summed E-state index contributed by atoms with van der Waals surface area (Å²) in [6.45, 7) is 42.3. The predicted molar refractivity (Wildman–Crippen MR) is 257 cm³/mol. The lowest BCUT2D eigenvalue weighted by molar-refractivity contribution is -0.160. The second-order valence-electron chi connectivity index (χ2n) is 24.6. The number of benzene rings is 3. The number of aromatic hydroxyl groups is 3. The number of hydrogen-bond acceptors (Lipinski definition) is 6. The number of phenols is 3. The zero-order chi connectivity index (χ0) is 48.5. The third-order valence-corrected chi connectivity index (χ3v) is 12.8. The van der Waals surface area contributed by atoms with Crippen LogP contribution in [-0.4, -0.2) is 67.7 Å². The first kappa shape index (κ1) is 51.1. The molecule has 0 saturated carbocycles. The van der Waals surface area contributed by atoms with E-state index in [1.165, 1.54) is 0 Å². The van der Waals surface area contributed by atoms with E-state index in [0.717, 1.165) is 50.1 Å². The number of carbonyl (C=O) groups is 3. The van der Waals surface area contributed by atoms with Gasteiger partial charge in [-0.15, -0.1) is 0 Å². The topological polar surface area (TPSA) is 122 Å². The summed E-state index contributed by atoms with van der Waals surface area (Å²) in [4.78, 5) is 50.2. The molecule has 0 aliphatic carbocycles. The van der Waals surface area contributed by atoms with Gasteiger partial charge in [0, 0.05) is 0 Å². The fourth-order valence-corrected chi connectivity index (χ4v) is 9.03. The van der Waals surface area contributed by atoms with Crippen molar-refractivity contribution in [1.29, 1.82) is 0 Å². The maximum atomic E-state index is 15.1. The van der Waals surface area contributed by atoms with Gasteiger partial charge >= 0.3 is 0 Å². The molecule has 9 heteroatoms. The molecule has 1 heterocycles. The van der Waals surface area contributed by atoms with E-state index in [1.54, 1.807) is 32.9 Å².